The van der Waals surface area contributed by atoms with Crippen LogP contribution in [-0.4, -0.2) is 70.0 Å². The molecule has 0 aromatic heterocycles. The first kappa shape index (κ1) is 92.0. The molecular formula is C84H160NO8P. The maximum atomic E-state index is 12.9. The number of unbranched alkanes of at least 4 members (excludes halogenated alkanes) is 56. The Morgan fingerprint density at radius 1 is 0.340 bits per heavy atom. The molecule has 0 bridgehead atoms. The zero-order chi connectivity index (χ0) is 68.3. The summed E-state index contributed by atoms with van der Waals surface area (Å²) in [4.78, 5) is 38.2. The maximum absolute atomic E-state index is 12.9. The van der Waals surface area contributed by atoms with Crippen molar-refractivity contribution in [2.24, 2.45) is 0 Å². The zero-order valence-corrected chi connectivity index (χ0v) is 64.3. The van der Waals surface area contributed by atoms with Gasteiger partial charge in [-0.3, -0.25) is 14.2 Å². The summed E-state index contributed by atoms with van der Waals surface area (Å²) in [5, 5.41) is 0. The number of allylic oxidation sites excluding steroid dienone is 8. The Labute approximate surface area is 585 Å². The number of likely N-dealkylation sites (N-methyl/N-ethyl adjacent to an activating group) is 1. The van der Waals surface area contributed by atoms with Crippen molar-refractivity contribution in [3.63, 3.8) is 0 Å². The Morgan fingerprint density at radius 2 is 0.606 bits per heavy atom. The van der Waals surface area contributed by atoms with E-state index in [-0.39, 0.29) is 32.0 Å². The minimum absolute atomic E-state index is 0.0274. The van der Waals surface area contributed by atoms with Gasteiger partial charge in [0.1, 0.15) is 19.8 Å². The normalized spacial score (nSPS) is 13.2. The first-order chi connectivity index (χ1) is 46.0. The molecule has 0 aliphatic carbocycles. The molecule has 0 saturated carbocycles. The zero-order valence-electron chi connectivity index (χ0n) is 63.4. The monoisotopic (exact) mass is 1340 g/mol. The molecule has 10 heteroatoms. The minimum Gasteiger partial charge on any atom is -0.756 e. The summed E-state index contributed by atoms with van der Waals surface area (Å²) < 4.78 is 34.5. The van der Waals surface area contributed by atoms with E-state index in [1.807, 2.05) is 21.1 Å². The molecule has 2 unspecified atom stereocenters. The van der Waals surface area contributed by atoms with Crippen LogP contribution in [0.5, 0.6) is 0 Å². The molecule has 0 saturated heterocycles. The fourth-order valence-corrected chi connectivity index (χ4v) is 13.3. The van der Waals surface area contributed by atoms with Gasteiger partial charge in [0.05, 0.1) is 27.7 Å². The highest BCUT2D eigenvalue weighted by Crippen LogP contribution is 2.38. The largest absolute Gasteiger partial charge is 0.756 e. The van der Waals surface area contributed by atoms with Crippen LogP contribution in [0.4, 0.5) is 0 Å². The fourth-order valence-electron chi connectivity index (χ4n) is 12.6. The van der Waals surface area contributed by atoms with Gasteiger partial charge in [0.2, 0.25) is 0 Å². The second-order valence-electron chi connectivity index (χ2n) is 29.5. The van der Waals surface area contributed by atoms with Crippen molar-refractivity contribution in [1.29, 1.82) is 0 Å². The van der Waals surface area contributed by atoms with E-state index in [0.717, 1.165) is 57.8 Å². The summed E-state index contributed by atoms with van der Waals surface area (Å²) in [5.74, 6) is -0.806. The van der Waals surface area contributed by atoms with Crippen LogP contribution in [0.3, 0.4) is 0 Å². The number of ether oxygens (including phenoxy) is 2. The van der Waals surface area contributed by atoms with Crippen molar-refractivity contribution in [3.8, 4) is 0 Å². The Balaban J connectivity index is 3.88. The van der Waals surface area contributed by atoms with Crippen molar-refractivity contribution < 1.29 is 42.1 Å². The van der Waals surface area contributed by atoms with Crippen LogP contribution in [0.25, 0.3) is 0 Å². The van der Waals surface area contributed by atoms with Crippen molar-refractivity contribution >= 4 is 19.8 Å². The van der Waals surface area contributed by atoms with E-state index in [0.29, 0.717) is 17.4 Å². The number of quaternary nitrogens is 1. The average Bonchev–Trinajstić information content (AvgIpc) is 1.68. The van der Waals surface area contributed by atoms with E-state index in [9.17, 15) is 19.0 Å². The van der Waals surface area contributed by atoms with Crippen molar-refractivity contribution in [3.05, 3.63) is 48.6 Å². The van der Waals surface area contributed by atoms with E-state index in [2.05, 4.69) is 62.5 Å². The van der Waals surface area contributed by atoms with E-state index in [1.165, 1.54) is 334 Å². The molecule has 9 nitrogen and oxygen atoms in total. The molecule has 0 aromatic carbocycles. The molecule has 0 fully saturated rings. The number of carbonyl (C=O) groups is 2. The standard InChI is InChI=1S/C84H160NO8P/c1-6-8-10-12-14-16-18-20-22-24-26-28-30-32-34-36-38-40-42-44-46-48-50-52-54-56-58-60-62-64-66-68-70-72-74-76-83(86)90-80-82(81-92-94(88,89)91-79-78-85(3,4)5)93-84(87)77-75-73-71-69-67-65-63-61-59-57-55-53-51-49-47-45-43-41-39-37-35-33-31-29-27-25-23-21-19-17-15-13-11-9-7-2/h9,11,15,17,21,23,27,29,82H,6-8,10,12-14,16,18-20,22,24-26,28,30-81H2,1-5H3/b11-9-,17-15-,23-21-,29-27-. The second-order valence-corrected chi connectivity index (χ2v) is 30.9. The molecule has 0 aliphatic heterocycles. The van der Waals surface area contributed by atoms with Gasteiger partial charge in [-0.05, 0) is 51.4 Å². The molecule has 0 amide bonds. The van der Waals surface area contributed by atoms with Gasteiger partial charge in [-0.2, -0.15) is 0 Å². The number of esters is 2. The highest BCUT2D eigenvalue weighted by molar-refractivity contribution is 7.45. The summed E-state index contributed by atoms with van der Waals surface area (Å²) in [7, 11) is 1.19. The third-order valence-corrected chi connectivity index (χ3v) is 19.8. The number of hydrogen-bond donors (Lipinski definition) is 0. The van der Waals surface area contributed by atoms with E-state index >= 15 is 0 Å². The molecule has 0 heterocycles. The highest BCUT2D eigenvalue weighted by Gasteiger charge is 2.22. The van der Waals surface area contributed by atoms with Gasteiger partial charge in [-0.15, -0.1) is 0 Å². The lowest BCUT2D eigenvalue weighted by atomic mass is 10.0. The average molecular weight is 1340 g/mol. The fraction of sp³-hybridized carbons (Fsp3) is 0.881. The third kappa shape index (κ3) is 79.0. The van der Waals surface area contributed by atoms with Gasteiger partial charge in [-0.25, -0.2) is 0 Å². The van der Waals surface area contributed by atoms with Crippen LogP contribution < -0.4 is 4.89 Å². The summed E-state index contributed by atoms with van der Waals surface area (Å²) in [6.45, 7) is 4.21. The number of carbonyl (C=O) groups excluding carboxylic acids is 2. The molecule has 0 rings (SSSR count). The maximum Gasteiger partial charge on any atom is 0.306 e. The lowest BCUT2D eigenvalue weighted by Crippen LogP contribution is -2.37. The summed E-state index contributed by atoms with van der Waals surface area (Å²) in [6.07, 6.45) is 99.7. The first-order valence-corrected chi connectivity index (χ1v) is 42.8. The third-order valence-electron chi connectivity index (χ3n) is 18.9. The van der Waals surface area contributed by atoms with Crippen LogP contribution in [0.1, 0.15) is 425 Å². The van der Waals surface area contributed by atoms with Crippen LogP contribution in [-0.2, 0) is 32.7 Å². The lowest BCUT2D eigenvalue weighted by molar-refractivity contribution is -0.870. The Morgan fingerprint density at radius 3 is 0.904 bits per heavy atom. The van der Waals surface area contributed by atoms with Crippen LogP contribution in [0.15, 0.2) is 48.6 Å². The van der Waals surface area contributed by atoms with E-state index in [1.54, 1.807) is 0 Å². The van der Waals surface area contributed by atoms with E-state index in [4.69, 9.17) is 18.5 Å². The molecule has 0 aliphatic rings. The van der Waals surface area contributed by atoms with Gasteiger partial charge in [-0.1, -0.05) is 409 Å². The predicted octanol–water partition coefficient (Wildman–Crippen LogP) is 26.9. The number of rotatable bonds is 78. The van der Waals surface area contributed by atoms with Crippen molar-refractivity contribution in [2.75, 3.05) is 47.5 Å². The molecule has 0 aromatic rings. The molecule has 2 atom stereocenters. The minimum atomic E-state index is -4.64. The molecule has 0 spiro atoms. The van der Waals surface area contributed by atoms with Crippen LogP contribution >= 0.6 is 7.82 Å². The van der Waals surface area contributed by atoms with Gasteiger partial charge >= 0.3 is 11.9 Å². The lowest BCUT2D eigenvalue weighted by Gasteiger charge is -2.28. The highest BCUT2D eigenvalue weighted by atomic mass is 31.2. The van der Waals surface area contributed by atoms with Gasteiger partial charge in [0.15, 0.2) is 6.10 Å². The molecule has 0 radical (unpaired) electrons. The van der Waals surface area contributed by atoms with Gasteiger partial charge in [0, 0.05) is 12.8 Å². The number of hydrogen-bond acceptors (Lipinski definition) is 8. The number of nitrogens with zero attached hydrogens (tertiary/aromatic N) is 1. The number of phosphoric acid groups is 1. The quantitative estimate of drug-likeness (QED) is 0.0195. The predicted molar refractivity (Wildman–Crippen MR) is 407 cm³/mol. The summed E-state index contributed by atoms with van der Waals surface area (Å²) >= 11 is 0. The van der Waals surface area contributed by atoms with E-state index < -0.39 is 26.5 Å². The second kappa shape index (κ2) is 75.2. The SMILES string of the molecule is CC/C=C\C/C=C\C/C=C\C/C=C\CCCCCCCCCCCCCCCCCCCCCCCCC(=O)OC(COC(=O)CCCCCCCCCCCCCCCCCCCCCCCCCCCCCCCCCCCCC)COP(=O)([O-])OCC[N+](C)(C)C. The van der Waals surface area contributed by atoms with Crippen LogP contribution in [0, 0.1) is 0 Å². The Bertz CT molecular complexity index is 1720. The topological polar surface area (TPSA) is 111 Å². The smallest absolute Gasteiger partial charge is 0.306 e. The van der Waals surface area contributed by atoms with Gasteiger partial charge < -0.3 is 27.9 Å². The van der Waals surface area contributed by atoms with Gasteiger partial charge in [0.25, 0.3) is 7.82 Å². The summed E-state index contributed by atoms with van der Waals surface area (Å²) in [6, 6.07) is 0. The van der Waals surface area contributed by atoms with Crippen LogP contribution in [0.2, 0.25) is 0 Å². The number of phosphoric ester groups is 1. The Hall–Kier alpha value is -2.03. The Kier molecular flexibility index (Phi) is 73.6. The molecule has 0 N–H and O–H groups in total. The molecule has 94 heavy (non-hydrogen) atoms. The molecule has 554 valence electrons. The molecular weight excluding hydrogens is 1180 g/mol. The summed E-state index contributed by atoms with van der Waals surface area (Å²) in [5.41, 5.74) is 0. The van der Waals surface area contributed by atoms with Crippen molar-refractivity contribution in [2.45, 2.75) is 431 Å². The van der Waals surface area contributed by atoms with Crippen molar-refractivity contribution in [1.82, 2.24) is 0 Å². The first-order valence-electron chi connectivity index (χ1n) is 41.3.